The summed E-state index contributed by atoms with van der Waals surface area (Å²) in [6.45, 7) is 0.279. The van der Waals surface area contributed by atoms with Crippen LogP contribution in [0.15, 0.2) is 30.5 Å². The van der Waals surface area contributed by atoms with Crippen molar-refractivity contribution >= 4 is 11.9 Å². The van der Waals surface area contributed by atoms with Crippen LogP contribution in [0.25, 0.3) is 0 Å². The second kappa shape index (κ2) is 6.26. The summed E-state index contributed by atoms with van der Waals surface area (Å²) < 4.78 is 4.93. The number of ether oxygens (including phenoxy) is 1. The molecule has 1 amide bonds. The number of carbonyl (C=O) groups excluding carboxylic acids is 1. The maximum atomic E-state index is 11.2. The van der Waals surface area contributed by atoms with Gasteiger partial charge in [-0.3, -0.25) is 4.79 Å². The van der Waals surface area contributed by atoms with Gasteiger partial charge in [-0.2, -0.15) is 0 Å². The van der Waals surface area contributed by atoms with E-state index in [0.29, 0.717) is 5.88 Å². The van der Waals surface area contributed by atoms with Gasteiger partial charge in [0.25, 0.3) is 0 Å². The van der Waals surface area contributed by atoms with E-state index >= 15 is 0 Å². The first-order valence-electron chi connectivity index (χ1n) is 4.79. The predicted octanol–water partition coefficient (Wildman–Crippen LogP) is 0.347. The molecule has 1 rings (SSSR count). The monoisotopic (exact) mass is 236 g/mol. The van der Waals surface area contributed by atoms with Gasteiger partial charge in [-0.1, -0.05) is 0 Å². The third-order valence-corrected chi connectivity index (χ3v) is 1.85. The number of carbonyl (C=O) groups is 2. The molecule has 0 aliphatic carbocycles. The lowest BCUT2D eigenvalue weighted by Gasteiger charge is -2.04. The Bertz CT molecular complexity index is 443. The molecule has 0 aliphatic rings. The zero-order valence-corrected chi connectivity index (χ0v) is 9.21. The average molecular weight is 236 g/mol. The van der Waals surface area contributed by atoms with Gasteiger partial charge in [-0.25, -0.2) is 9.78 Å². The number of amides is 1. The van der Waals surface area contributed by atoms with Crippen LogP contribution >= 0.6 is 0 Å². The Morgan fingerprint density at radius 3 is 2.94 bits per heavy atom. The molecule has 2 N–H and O–H groups in total. The zero-order chi connectivity index (χ0) is 12.7. The fourth-order valence-electron chi connectivity index (χ4n) is 1.07. The average Bonchev–Trinajstić information content (AvgIpc) is 2.34. The van der Waals surface area contributed by atoms with Crippen LogP contribution in [0.1, 0.15) is 5.56 Å². The minimum atomic E-state index is -1.16. The van der Waals surface area contributed by atoms with Crippen molar-refractivity contribution in [2.24, 2.45) is 0 Å². The van der Waals surface area contributed by atoms with E-state index < -0.39 is 11.9 Å². The number of nitrogens with one attached hydrogen (secondary N) is 1. The van der Waals surface area contributed by atoms with E-state index in [1.165, 1.54) is 7.11 Å². The lowest BCUT2D eigenvalue weighted by molar-refractivity contribution is -0.131. The first-order valence-corrected chi connectivity index (χ1v) is 4.79. The van der Waals surface area contributed by atoms with E-state index in [4.69, 9.17) is 9.84 Å². The highest BCUT2D eigenvalue weighted by Gasteiger charge is 1.99. The molecule has 1 aromatic rings. The maximum Gasteiger partial charge on any atom is 0.328 e. The number of nitrogens with zero attached hydrogens (tertiary/aromatic N) is 1. The molecule has 0 unspecified atom stereocenters. The lowest BCUT2D eigenvalue weighted by Crippen LogP contribution is -2.20. The molecule has 0 saturated carbocycles. The Morgan fingerprint density at radius 2 is 2.29 bits per heavy atom. The molecule has 0 atom stereocenters. The molecule has 0 saturated heterocycles. The summed E-state index contributed by atoms with van der Waals surface area (Å²) >= 11 is 0. The van der Waals surface area contributed by atoms with Gasteiger partial charge >= 0.3 is 5.97 Å². The Balaban J connectivity index is 2.49. The number of hydrogen-bond donors (Lipinski definition) is 2. The third kappa shape index (κ3) is 4.78. The Hall–Kier alpha value is -2.37. The molecule has 1 aromatic heterocycles. The summed E-state index contributed by atoms with van der Waals surface area (Å²) in [5.74, 6) is -1.17. The van der Waals surface area contributed by atoms with E-state index in [1.807, 2.05) is 0 Å². The van der Waals surface area contributed by atoms with Crippen LogP contribution in [0.4, 0.5) is 0 Å². The zero-order valence-electron chi connectivity index (χ0n) is 9.21. The fourth-order valence-corrected chi connectivity index (χ4v) is 1.07. The Morgan fingerprint density at radius 1 is 1.53 bits per heavy atom. The second-order valence-electron chi connectivity index (χ2n) is 3.10. The van der Waals surface area contributed by atoms with Gasteiger partial charge in [-0.15, -0.1) is 0 Å². The van der Waals surface area contributed by atoms with E-state index in [1.54, 1.807) is 18.3 Å². The molecular weight excluding hydrogens is 224 g/mol. The van der Waals surface area contributed by atoms with Crippen molar-refractivity contribution in [2.75, 3.05) is 7.11 Å². The van der Waals surface area contributed by atoms with E-state index in [-0.39, 0.29) is 6.54 Å². The first kappa shape index (κ1) is 12.7. The standard InChI is InChI=1S/C11H12N2O4/c1-17-10-6-8(4-5-12-10)7-13-9(14)2-3-11(15)16/h2-6H,7H2,1H3,(H,13,14)(H,15,16)/b3-2+. The molecule has 6 heteroatoms. The number of aliphatic carboxylic acids is 1. The van der Waals surface area contributed by atoms with Gasteiger partial charge in [0.15, 0.2) is 0 Å². The minimum absolute atomic E-state index is 0.279. The fraction of sp³-hybridized carbons (Fsp3) is 0.182. The van der Waals surface area contributed by atoms with Crippen LogP contribution in [0, 0.1) is 0 Å². The molecule has 0 bridgehead atoms. The normalized spacial score (nSPS) is 10.2. The summed E-state index contributed by atoms with van der Waals surface area (Å²) in [6.07, 6.45) is 3.30. The molecule has 0 fully saturated rings. The number of pyridine rings is 1. The molecule has 0 aromatic carbocycles. The van der Waals surface area contributed by atoms with Crippen molar-refractivity contribution in [1.29, 1.82) is 0 Å². The topological polar surface area (TPSA) is 88.5 Å². The van der Waals surface area contributed by atoms with Gasteiger partial charge < -0.3 is 15.2 Å². The van der Waals surface area contributed by atoms with Crippen LogP contribution in [0.3, 0.4) is 0 Å². The molecule has 1 heterocycles. The van der Waals surface area contributed by atoms with Crippen LogP contribution in [0.2, 0.25) is 0 Å². The minimum Gasteiger partial charge on any atom is -0.481 e. The quantitative estimate of drug-likeness (QED) is 0.720. The number of carboxylic acids is 1. The third-order valence-electron chi connectivity index (χ3n) is 1.85. The number of methoxy groups -OCH3 is 1. The van der Waals surface area contributed by atoms with Crippen molar-refractivity contribution < 1.29 is 19.4 Å². The summed E-state index contributed by atoms with van der Waals surface area (Å²) in [5.41, 5.74) is 0.814. The highest BCUT2D eigenvalue weighted by atomic mass is 16.5. The van der Waals surface area contributed by atoms with Gasteiger partial charge in [0.1, 0.15) is 0 Å². The number of aromatic nitrogens is 1. The molecule has 6 nitrogen and oxygen atoms in total. The van der Waals surface area contributed by atoms with Gasteiger partial charge in [0.05, 0.1) is 7.11 Å². The predicted molar refractivity (Wildman–Crippen MR) is 59.4 cm³/mol. The molecule has 90 valence electrons. The van der Waals surface area contributed by atoms with Crippen molar-refractivity contribution in [2.45, 2.75) is 6.54 Å². The maximum absolute atomic E-state index is 11.2. The number of carboxylic acid groups (broad SMARTS) is 1. The van der Waals surface area contributed by atoms with E-state index in [0.717, 1.165) is 17.7 Å². The van der Waals surface area contributed by atoms with Crippen molar-refractivity contribution in [3.8, 4) is 5.88 Å². The van der Waals surface area contributed by atoms with Crippen molar-refractivity contribution in [3.05, 3.63) is 36.0 Å². The largest absolute Gasteiger partial charge is 0.481 e. The van der Waals surface area contributed by atoms with E-state index in [2.05, 4.69) is 10.3 Å². The summed E-state index contributed by atoms with van der Waals surface area (Å²) in [4.78, 5) is 25.3. The number of hydrogen-bond acceptors (Lipinski definition) is 4. The summed E-state index contributed by atoms with van der Waals surface area (Å²) in [6, 6.07) is 3.41. The van der Waals surface area contributed by atoms with Crippen LogP contribution < -0.4 is 10.1 Å². The van der Waals surface area contributed by atoms with Gasteiger partial charge in [-0.05, 0) is 11.6 Å². The van der Waals surface area contributed by atoms with Gasteiger partial charge in [0, 0.05) is 31.0 Å². The molecular formula is C11H12N2O4. The smallest absolute Gasteiger partial charge is 0.328 e. The van der Waals surface area contributed by atoms with Crippen molar-refractivity contribution in [1.82, 2.24) is 10.3 Å². The molecule has 17 heavy (non-hydrogen) atoms. The van der Waals surface area contributed by atoms with Crippen LogP contribution in [-0.2, 0) is 16.1 Å². The summed E-state index contributed by atoms with van der Waals surface area (Å²) in [7, 11) is 1.50. The van der Waals surface area contributed by atoms with Crippen LogP contribution in [-0.4, -0.2) is 29.1 Å². The lowest BCUT2D eigenvalue weighted by atomic mass is 10.2. The Kier molecular flexibility index (Phi) is 4.68. The molecule has 0 radical (unpaired) electrons. The second-order valence-corrected chi connectivity index (χ2v) is 3.10. The SMILES string of the molecule is COc1cc(CNC(=O)/C=C/C(=O)O)ccn1. The molecule has 0 aliphatic heterocycles. The van der Waals surface area contributed by atoms with E-state index in [9.17, 15) is 9.59 Å². The van der Waals surface area contributed by atoms with Crippen LogP contribution in [0.5, 0.6) is 5.88 Å². The van der Waals surface area contributed by atoms with Gasteiger partial charge in [0.2, 0.25) is 11.8 Å². The Labute approximate surface area is 97.9 Å². The highest BCUT2D eigenvalue weighted by molar-refractivity contribution is 5.93. The summed E-state index contributed by atoms with van der Waals surface area (Å²) in [5, 5.41) is 10.9. The first-order chi connectivity index (χ1) is 8.11. The highest BCUT2D eigenvalue weighted by Crippen LogP contribution is 2.07. The number of rotatable bonds is 5. The van der Waals surface area contributed by atoms with Crippen molar-refractivity contribution in [3.63, 3.8) is 0 Å². The molecule has 0 spiro atoms.